The van der Waals surface area contributed by atoms with Gasteiger partial charge in [0, 0.05) is 18.1 Å². The van der Waals surface area contributed by atoms with Crippen molar-refractivity contribution in [2.45, 2.75) is 6.54 Å². The highest BCUT2D eigenvalue weighted by Gasteiger charge is 2.02. The first kappa shape index (κ1) is 11.6. The van der Waals surface area contributed by atoms with Crippen LogP contribution in [0.3, 0.4) is 0 Å². The summed E-state index contributed by atoms with van der Waals surface area (Å²) in [5, 5.41) is 20.8. The first-order valence-electron chi connectivity index (χ1n) is 5.26. The van der Waals surface area contributed by atoms with Crippen molar-refractivity contribution in [3.63, 3.8) is 0 Å². The van der Waals surface area contributed by atoms with Crippen LogP contribution in [0.4, 0.5) is 5.69 Å². The maximum absolute atomic E-state index is 8.91. The third kappa shape index (κ3) is 2.60. The Morgan fingerprint density at radius 2 is 1.94 bits per heavy atom. The van der Waals surface area contributed by atoms with Crippen molar-refractivity contribution in [1.29, 1.82) is 10.5 Å². The van der Waals surface area contributed by atoms with E-state index < -0.39 is 0 Å². The number of anilines is 1. The molecule has 0 aliphatic rings. The topological polar surface area (TPSA) is 85.4 Å². The fourth-order valence-electron chi connectivity index (χ4n) is 1.46. The highest BCUT2D eigenvalue weighted by Crippen LogP contribution is 2.15. The molecule has 0 fully saturated rings. The van der Waals surface area contributed by atoms with Crippen LogP contribution in [-0.4, -0.2) is 9.97 Å². The summed E-state index contributed by atoms with van der Waals surface area (Å²) in [5.74, 6) is 0. The molecule has 1 aromatic carbocycles. The average Bonchev–Trinajstić information content (AvgIpc) is 2.45. The molecule has 1 heterocycles. The van der Waals surface area contributed by atoms with Crippen molar-refractivity contribution in [3.8, 4) is 12.1 Å². The highest BCUT2D eigenvalue weighted by atomic mass is 14.9. The molecular formula is C13H9N5. The van der Waals surface area contributed by atoms with Crippen molar-refractivity contribution >= 4 is 5.69 Å². The van der Waals surface area contributed by atoms with E-state index in [2.05, 4.69) is 15.3 Å². The molecule has 0 aliphatic carbocycles. The molecule has 86 valence electrons. The second-order valence-corrected chi connectivity index (χ2v) is 3.53. The first-order chi connectivity index (χ1) is 8.83. The maximum Gasteiger partial charge on any atom is 0.101 e. The summed E-state index contributed by atoms with van der Waals surface area (Å²) in [5.41, 5.74) is 2.32. The normalized spacial score (nSPS) is 9.22. The van der Waals surface area contributed by atoms with Crippen LogP contribution in [0, 0.1) is 22.7 Å². The number of hydrogen-bond acceptors (Lipinski definition) is 5. The van der Waals surface area contributed by atoms with E-state index >= 15 is 0 Å². The van der Waals surface area contributed by atoms with Crippen LogP contribution in [0.1, 0.15) is 16.8 Å². The minimum atomic E-state index is 0.363. The maximum atomic E-state index is 8.91. The monoisotopic (exact) mass is 235 g/mol. The van der Waals surface area contributed by atoms with Crippen LogP contribution in [0.2, 0.25) is 0 Å². The second-order valence-electron chi connectivity index (χ2n) is 3.53. The van der Waals surface area contributed by atoms with E-state index in [-0.39, 0.29) is 0 Å². The van der Waals surface area contributed by atoms with Crippen molar-refractivity contribution < 1.29 is 0 Å². The minimum absolute atomic E-state index is 0.363. The molecule has 0 saturated carbocycles. The van der Waals surface area contributed by atoms with Gasteiger partial charge in [-0.2, -0.15) is 10.5 Å². The summed E-state index contributed by atoms with van der Waals surface area (Å²) < 4.78 is 0. The van der Waals surface area contributed by atoms with Gasteiger partial charge in [0.2, 0.25) is 0 Å². The van der Waals surface area contributed by atoms with Crippen molar-refractivity contribution in [2.75, 3.05) is 5.32 Å². The zero-order chi connectivity index (χ0) is 12.8. The van der Waals surface area contributed by atoms with E-state index in [0.717, 1.165) is 11.4 Å². The van der Waals surface area contributed by atoms with Gasteiger partial charge in [0.05, 0.1) is 29.6 Å². The molecule has 1 aromatic heterocycles. The van der Waals surface area contributed by atoms with E-state index in [1.54, 1.807) is 36.8 Å². The van der Waals surface area contributed by atoms with Gasteiger partial charge in [-0.1, -0.05) is 0 Å². The molecule has 0 aliphatic heterocycles. The lowest BCUT2D eigenvalue weighted by Gasteiger charge is -2.06. The molecular weight excluding hydrogens is 226 g/mol. The summed E-state index contributed by atoms with van der Waals surface area (Å²) in [6, 6.07) is 9.00. The fraction of sp³-hybridized carbons (Fsp3) is 0.0769. The third-order valence-corrected chi connectivity index (χ3v) is 2.35. The number of nitrogens with zero attached hydrogens (tertiary/aromatic N) is 4. The summed E-state index contributed by atoms with van der Waals surface area (Å²) in [6.07, 6.45) is 4.90. The van der Waals surface area contributed by atoms with Crippen molar-refractivity contribution in [2.24, 2.45) is 0 Å². The van der Waals surface area contributed by atoms with Crippen LogP contribution in [0.15, 0.2) is 36.8 Å². The largest absolute Gasteiger partial charge is 0.379 e. The lowest BCUT2D eigenvalue weighted by atomic mass is 10.1. The van der Waals surface area contributed by atoms with Gasteiger partial charge in [0.25, 0.3) is 0 Å². The number of nitrogens with one attached hydrogen (secondary N) is 1. The Hall–Kier alpha value is -2.92. The molecule has 0 atom stereocenters. The molecule has 2 rings (SSSR count). The van der Waals surface area contributed by atoms with Gasteiger partial charge in [-0.3, -0.25) is 9.97 Å². The Morgan fingerprint density at radius 1 is 1.11 bits per heavy atom. The molecule has 0 spiro atoms. The molecule has 0 unspecified atom stereocenters. The van der Waals surface area contributed by atoms with Crippen LogP contribution in [0.5, 0.6) is 0 Å². The predicted molar refractivity (Wildman–Crippen MR) is 65.2 cm³/mol. The first-order valence-corrected chi connectivity index (χ1v) is 5.26. The molecule has 0 bridgehead atoms. The summed E-state index contributed by atoms with van der Waals surface area (Å²) in [4.78, 5) is 8.09. The van der Waals surface area contributed by atoms with E-state index in [9.17, 15) is 0 Å². The third-order valence-electron chi connectivity index (χ3n) is 2.35. The van der Waals surface area contributed by atoms with Crippen LogP contribution >= 0.6 is 0 Å². The zero-order valence-electron chi connectivity index (χ0n) is 9.46. The van der Waals surface area contributed by atoms with Gasteiger partial charge in [0.1, 0.15) is 12.1 Å². The van der Waals surface area contributed by atoms with Crippen LogP contribution in [0.25, 0.3) is 0 Å². The standard InChI is InChI=1S/C13H9N5/c14-6-10-1-2-12(5-11(10)7-15)18-9-13-8-16-3-4-17-13/h1-5,8,18H,9H2. The molecule has 1 N–H and O–H groups in total. The number of rotatable bonds is 3. The Morgan fingerprint density at radius 3 is 2.61 bits per heavy atom. The van der Waals surface area contributed by atoms with E-state index in [1.165, 1.54) is 0 Å². The van der Waals surface area contributed by atoms with Gasteiger partial charge in [-0.15, -0.1) is 0 Å². The summed E-state index contributed by atoms with van der Waals surface area (Å²) >= 11 is 0. The van der Waals surface area contributed by atoms with Gasteiger partial charge < -0.3 is 5.32 Å². The Kier molecular flexibility index (Phi) is 3.48. The predicted octanol–water partition coefficient (Wildman–Crippen LogP) is 1.83. The van der Waals surface area contributed by atoms with Gasteiger partial charge >= 0.3 is 0 Å². The molecule has 2 aromatic rings. The lowest BCUT2D eigenvalue weighted by Crippen LogP contribution is -2.02. The van der Waals surface area contributed by atoms with E-state index in [1.807, 2.05) is 12.1 Å². The zero-order valence-corrected chi connectivity index (χ0v) is 9.46. The molecule has 18 heavy (non-hydrogen) atoms. The van der Waals surface area contributed by atoms with Gasteiger partial charge in [-0.05, 0) is 18.2 Å². The Labute approximate surface area is 104 Å². The smallest absolute Gasteiger partial charge is 0.101 e. The Bertz CT molecular complexity index is 622. The number of hydrogen-bond donors (Lipinski definition) is 1. The SMILES string of the molecule is N#Cc1ccc(NCc2cnccn2)cc1C#N. The number of aromatic nitrogens is 2. The van der Waals surface area contributed by atoms with Crippen molar-refractivity contribution in [1.82, 2.24) is 9.97 Å². The van der Waals surface area contributed by atoms with E-state index in [4.69, 9.17) is 10.5 Å². The molecule has 5 heteroatoms. The number of benzene rings is 1. The lowest BCUT2D eigenvalue weighted by molar-refractivity contribution is 1.01. The van der Waals surface area contributed by atoms with Gasteiger partial charge in [-0.25, -0.2) is 0 Å². The Balaban J connectivity index is 2.12. The average molecular weight is 235 g/mol. The number of nitriles is 2. The fourth-order valence-corrected chi connectivity index (χ4v) is 1.46. The van der Waals surface area contributed by atoms with E-state index in [0.29, 0.717) is 17.7 Å². The van der Waals surface area contributed by atoms with Crippen molar-refractivity contribution in [3.05, 3.63) is 53.6 Å². The second kappa shape index (κ2) is 5.42. The summed E-state index contributed by atoms with van der Waals surface area (Å²) in [7, 11) is 0. The van der Waals surface area contributed by atoms with Crippen LogP contribution in [-0.2, 0) is 6.54 Å². The minimum Gasteiger partial charge on any atom is -0.379 e. The summed E-state index contributed by atoms with van der Waals surface area (Å²) in [6.45, 7) is 0.518. The van der Waals surface area contributed by atoms with Gasteiger partial charge in [0.15, 0.2) is 0 Å². The van der Waals surface area contributed by atoms with Crippen LogP contribution < -0.4 is 5.32 Å². The highest BCUT2D eigenvalue weighted by molar-refractivity contribution is 5.56. The quantitative estimate of drug-likeness (QED) is 0.877. The molecule has 0 saturated heterocycles. The molecule has 0 radical (unpaired) electrons. The molecule has 0 amide bonds. The molecule has 5 nitrogen and oxygen atoms in total.